The van der Waals surface area contributed by atoms with Crippen molar-refractivity contribution in [2.45, 2.75) is 13.8 Å². The molecule has 0 rings (SSSR count). The number of carbonyl (C=O) groups is 1. The highest BCUT2D eigenvalue weighted by Gasteiger charge is 2.03. The Hall–Kier alpha value is -0.650. The highest BCUT2D eigenvalue weighted by molar-refractivity contribution is 5.70. The Balaban J connectivity index is 3.15. The van der Waals surface area contributed by atoms with Crippen molar-refractivity contribution in [2.75, 3.05) is 46.8 Å². The molecule has 16 heavy (non-hydrogen) atoms. The van der Waals surface area contributed by atoms with E-state index in [1.165, 1.54) is 0 Å². The van der Waals surface area contributed by atoms with E-state index in [0.29, 0.717) is 39.0 Å². The van der Waals surface area contributed by atoms with Crippen molar-refractivity contribution in [1.82, 2.24) is 0 Å². The van der Waals surface area contributed by atoms with Crippen molar-refractivity contribution in [3.05, 3.63) is 0 Å². The van der Waals surface area contributed by atoms with Crippen molar-refractivity contribution in [3.63, 3.8) is 0 Å². The number of rotatable bonds is 10. The Bertz CT molecular complexity index is 170. The molecular formula is C11H22O5. The summed E-state index contributed by atoms with van der Waals surface area (Å²) in [6.07, 6.45) is 0. The molecule has 5 heteroatoms. The van der Waals surface area contributed by atoms with Crippen LogP contribution in [0.2, 0.25) is 0 Å². The molecule has 0 spiro atoms. The van der Waals surface area contributed by atoms with Crippen LogP contribution in [-0.2, 0) is 23.7 Å². The van der Waals surface area contributed by atoms with E-state index < -0.39 is 0 Å². The van der Waals surface area contributed by atoms with E-state index in [1.807, 2.05) is 13.8 Å². The molecule has 0 unspecified atom stereocenters. The average molecular weight is 234 g/mol. The molecule has 0 aromatic heterocycles. The van der Waals surface area contributed by atoms with Gasteiger partial charge >= 0.3 is 5.97 Å². The maximum absolute atomic E-state index is 11.1. The van der Waals surface area contributed by atoms with Crippen LogP contribution in [0.25, 0.3) is 0 Å². The van der Waals surface area contributed by atoms with Crippen LogP contribution in [0.1, 0.15) is 13.8 Å². The summed E-state index contributed by atoms with van der Waals surface area (Å²) in [5.74, 6) is 0.0203. The molecule has 0 aliphatic heterocycles. The molecule has 0 radical (unpaired) electrons. The van der Waals surface area contributed by atoms with Gasteiger partial charge in [0, 0.05) is 7.11 Å². The Kier molecular flexibility index (Phi) is 10.4. The Morgan fingerprint density at radius 3 is 2.31 bits per heavy atom. The maximum atomic E-state index is 11.1. The minimum absolute atomic E-state index is 0.0135. The van der Waals surface area contributed by atoms with Gasteiger partial charge in [-0.3, -0.25) is 0 Å². The van der Waals surface area contributed by atoms with Gasteiger partial charge < -0.3 is 18.9 Å². The standard InChI is InChI=1S/C11H22O5/c1-10(2)8-16-11(12)9-15-7-6-14-5-4-13-3/h10H,4-9H2,1-3H3. The molecular weight excluding hydrogens is 212 g/mol. The summed E-state index contributed by atoms with van der Waals surface area (Å²) in [6, 6.07) is 0. The summed E-state index contributed by atoms with van der Waals surface area (Å²) in [6.45, 7) is 6.35. The van der Waals surface area contributed by atoms with Crippen LogP contribution >= 0.6 is 0 Å². The quantitative estimate of drug-likeness (QED) is 0.414. The molecule has 0 bridgehead atoms. The normalized spacial score (nSPS) is 10.8. The predicted molar refractivity (Wildman–Crippen MR) is 59.3 cm³/mol. The van der Waals surface area contributed by atoms with E-state index in [4.69, 9.17) is 18.9 Å². The van der Waals surface area contributed by atoms with Gasteiger partial charge in [0.25, 0.3) is 0 Å². The number of ether oxygens (including phenoxy) is 4. The van der Waals surface area contributed by atoms with Gasteiger partial charge in [-0.2, -0.15) is 0 Å². The fourth-order valence-corrected chi connectivity index (χ4v) is 0.819. The van der Waals surface area contributed by atoms with E-state index in [-0.39, 0.29) is 12.6 Å². The third-order valence-electron chi connectivity index (χ3n) is 1.60. The molecule has 0 aliphatic rings. The Morgan fingerprint density at radius 1 is 1.06 bits per heavy atom. The lowest BCUT2D eigenvalue weighted by atomic mass is 10.2. The number of esters is 1. The highest BCUT2D eigenvalue weighted by Crippen LogP contribution is 1.93. The molecule has 0 atom stereocenters. The molecule has 0 aromatic rings. The molecule has 0 fully saturated rings. The first kappa shape index (κ1) is 15.3. The Labute approximate surface area is 97.0 Å². The van der Waals surface area contributed by atoms with Crippen molar-refractivity contribution >= 4 is 5.97 Å². The van der Waals surface area contributed by atoms with Crippen LogP contribution in [0.4, 0.5) is 0 Å². The van der Waals surface area contributed by atoms with E-state index in [9.17, 15) is 4.79 Å². The summed E-state index contributed by atoms with van der Waals surface area (Å²) in [4.78, 5) is 11.1. The average Bonchev–Trinajstić information content (AvgIpc) is 2.25. The molecule has 0 saturated carbocycles. The third kappa shape index (κ3) is 11.4. The van der Waals surface area contributed by atoms with Crippen LogP contribution in [0.15, 0.2) is 0 Å². The zero-order chi connectivity index (χ0) is 12.2. The van der Waals surface area contributed by atoms with E-state index in [2.05, 4.69) is 0 Å². The van der Waals surface area contributed by atoms with Crippen LogP contribution in [-0.4, -0.2) is 52.7 Å². The lowest BCUT2D eigenvalue weighted by Gasteiger charge is -2.07. The minimum Gasteiger partial charge on any atom is -0.464 e. The number of carbonyl (C=O) groups excluding carboxylic acids is 1. The molecule has 5 nitrogen and oxygen atoms in total. The van der Waals surface area contributed by atoms with Gasteiger partial charge in [0.1, 0.15) is 6.61 Å². The van der Waals surface area contributed by atoms with Crippen LogP contribution in [0.5, 0.6) is 0 Å². The summed E-state index contributed by atoms with van der Waals surface area (Å²) in [5.41, 5.74) is 0. The number of hydrogen-bond acceptors (Lipinski definition) is 5. The van der Waals surface area contributed by atoms with Crippen molar-refractivity contribution in [2.24, 2.45) is 5.92 Å². The summed E-state index contributed by atoms with van der Waals surface area (Å²) < 4.78 is 19.9. The minimum atomic E-state index is -0.328. The third-order valence-corrected chi connectivity index (χ3v) is 1.60. The monoisotopic (exact) mass is 234 g/mol. The van der Waals surface area contributed by atoms with Crippen molar-refractivity contribution in [3.8, 4) is 0 Å². The van der Waals surface area contributed by atoms with Crippen molar-refractivity contribution in [1.29, 1.82) is 0 Å². The molecule has 0 aliphatic carbocycles. The first-order valence-corrected chi connectivity index (χ1v) is 5.47. The molecule has 0 heterocycles. The number of hydrogen-bond donors (Lipinski definition) is 0. The molecule has 0 amide bonds. The second-order valence-electron chi connectivity index (χ2n) is 3.73. The summed E-state index contributed by atoms with van der Waals surface area (Å²) >= 11 is 0. The smallest absolute Gasteiger partial charge is 0.332 e. The predicted octanol–water partition coefficient (Wildman–Crippen LogP) is 0.865. The zero-order valence-electron chi connectivity index (χ0n) is 10.4. The molecule has 0 aromatic carbocycles. The highest BCUT2D eigenvalue weighted by atomic mass is 16.6. The SMILES string of the molecule is COCCOCCOCC(=O)OCC(C)C. The van der Waals surface area contributed by atoms with Crippen LogP contribution in [0, 0.1) is 5.92 Å². The van der Waals surface area contributed by atoms with Gasteiger partial charge in [0.15, 0.2) is 0 Å². The molecule has 0 N–H and O–H groups in total. The second kappa shape index (κ2) is 10.9. The van der Waals surface area contributed by atoms with E-state index in [1.54, 1.807) is 7.11 Å². The Morgan fingerprint density at radius 2 is 1.69 bits per heavy atom. The summed E-state index contributed by atoms with van der Waals surface area (Å²) in [7, 11) is 1.62. The van der Waals surface area contributed by atoms with Gasteiger partial charge in [-0.1, -0.05) is 13.8 Å². The van der Waals surface area contributed by atoms with Gasteiger partial charge in [-0.15, -0.1) is 0 Å². The molecule has 96 valence electrons. The summed E-state index contributed by atoms with van der Waals surface area (Å²) in [5, 5.41) is 0. The zero-order valence-corrected chi connectivity index (χ0v) is 10.4. The fraction of sp³-hybridized carbons (Fsp3) is 0.909. The van der Waals surface area contributed by atoms with E-state index >= 15 is 0 Å². The largest absolute Gasteiger partial charge is 0.464 e. The topological polar surface area (TPSA) is 54.0 Å². The van der Waals surface area contributed by atoms with Crippen LogP contribution in [0.3, 0.4) is 0 Å². The van der Waals surface area contributed by atoms with Gasteiger partial charge in [-0.25, -0.2) is 4.79 Å². The van der Waals surface area contributed by atoms with Crippen molar-refractivity contribution < 1.29 is 23.7 Å². The van der Waals surface area contributed by atoms with Gasteiger partial charge in [0.2, 0.25) is 0 Å². The lowest BCUT2D eigenvalue weighted by molar-refractivity contribution is -0.150. The lowest BCUT2D eigenvalue weighted by Crippen LogP contribution is -2.17. The second-order valence-corrected chi connectivity index (χ2v) is 3.73. The first-order valence-electron chi connectivity index (χ1n) is 5.47. The fourth-order valence-electron chi connectivity index (χ4n) is 0.819. The first-order chi connectivity index (χ1) is 7.66. The van der Waals surface area contributed by atoms with Gasteiger partial charge in [0.05, 0.1) is 33.0 Å². The van der Waals surface area contributed by atoms with Gasteiger partial charge in [-0.05, 0) is 5.92 Å². The maximum Gasteiger partial charge on any atom is 0.332 e. The van der Waals surface area contributed by atoms with Crippen LogP contribution < -0.4 is 0 Å². The molecule has 0 saturated heterocycles. The van der Waals surface area contributed by atoms with E-state index in [0.717, 1.165) is 0 Å². The number of methoxy groups -OCH3 is 1.